The average molecular weight is 443 g/mol. The van der Waals surface area contributed by atoms with E-state index in [2.05, 4.69) is 5.32 Å². The summed E-state index contributed by atoms with van der Waals surface area (Å²) in [7, 11) is -3.98. The van der Waals surface area contributed by atoms with Crippen molar-refractivity contribution in [3.8, 4) is 0 Å². The molecule has 1 atom stereocenters. The smallest absolute Gasteiger partial charge is 0.264 e. The third-order valence-electron chi connectivity index (χ3n) is 4.48. The van der Waals surface area contributed by atoms with Crippen molar-refractivity contribution in [3.63, 3.8) is 0 Å². The van der Waals surface area contributed by atoms with Crippen molar-refractivity contribution in [1.82, 2.24) is 5.32 Å². The molecule has 28 heavy (non-hydrogen) atoms. The Hall–Kier alpha value is -1.76. The Balaban J connectivity index is 2.44. The number of rotatable bonds is 7. The quantitative estimate of drug-likeness (QED) is 0.677. The summed E-state index contributed by atoms with van der Waals surface area (Å²) >= 11 is 12.0. The molecule has 5 nitrogen and oxygen atoms in total. The first-order valence-electron chi connectivity index (χ1n) is 8.86. The van der Waals surface area contributed by atoms with Gasteiger partial charge in [0, 0.05) is 6.04 Å². The van der Waals surface area contributed by atoms with Gasteiger partial charge >= 0.3 is 0 Å². The van der Waals surface area contributed by atoms with Crippen LogP contribution in [0.1, 0.15) is 26.3 Å². The van der Waals surface area contributed by atoms with E-state index in [1.165, 1.54) is 30.3 Å². The molecule has 0 bridgehead atoms. The molecule has 152 valence electrons. The summed E-state index contributed by atoms with van der Waals surface area (Å²) < 4.78 is 27.6. The van der Waals surface area contributed by atoms with Crippen molar-refractivity contribution < 1.29 is 13.2 Å². The number of hydrogen-bond donors (Lipinski definition) is 1. The number of benzene rings is 2. The topological polar surface area (TPSA) is 66.5 Å². The van der Waals surface area contributed by atoms with E-state index in [1.54, 1.807) is 12.1 Å². The molecular weight excluding hydrogens is 419 g/mol. The largest absolute Gasteiger partial charge is 0.352 e. The first-order chi connectivity index (χ1) is 13.0. The number of nitrogens with zero attached hydrogens (tertiary/aromatic N) is 1. The van der Waals surface area contributed by atoms with Crippen LogP contribution in [0.15, 0.2) is 47.4 Å². The molecule has 0 saturated carbocycles. The standard InChI is InChI=1S/C20H24Cl2N2O3S/c1-13(2)15(4)23-20(25)12-24(16-7-10-18(21)19(22)11-16)28(26,27)17-8-5-14(3)6-9-17/h5-11,13,15H,12H2,1-4H3,(H,23,25)/t15-/m1/s1. The Kier molecular flexibility index (Phi) is 7.37. The minimum absolute atomic E-state index is 0.0916. The van der Waals surface area contributed by atoms with Crippen LogP contribution in [0, 0.1) is 12.8 Å². The second kappa shape index (κ2) is 9.16. The van der Waals surface area contributed by atoms with Crippen LogP contribution in [0.2, 0.25) is 10.0 Å². The summed E-state index contributed by atoms with van der Waals surface area (Å²) in [4.78, 5) is 12.6. The highest BCUT2D eigenvalue weighted by Gasteiger charge is 2.28. The molecular formula is C20H24Cl2N2O3S. The second-order valence-corrected chi connectivity index (χ2v) is 9.70. The summed E-state index contributed by atoms with van der Waals surface area (Å²) in [5.74, 6) is -0.181. The van der Waals surface area contributed by atoms with Gasteiger partial charge in [-0.25, -0.2) is 8.42 Å². The van der Waals surface area contributed by atoms with Crippen LogP contribution < -0.4 is 9.62 Å². The fourth-order valence-electron chi connectivity index (χ4n) is 2.39. The fourth-order valence-corrected chi connectivity index (χ4v) is 4.09. The molecule has 1 N–H and O–H groups in total. The number of anilines is 1. The van der Waals surface area contributed by atoms with Gasteiger partial charge in [0.1, 0.15) is 6.54 Å². The van der Waals surface area contributed by atoms with Crippen molar-refractivity contribution in [2.45, 2.75) is 38.6 Å². The van der Waals surface area contributed by atoms with Gasteiger partial charge < -0.3 is 5.32 Å². The van der Waals surface area contributed by atoms with Gasteiger partial charge in [0.15, 0.2) is 0 Å². The zero-order chi connectivity index (χ0) is 21.1. The number of sulfonamides is 1. The van der Waals surface area contributed by atoms with Crippen LogP contribution in [0.25, 0.3) is 0 Å². The predicted molar refractivity (Wildman–Crippen MR) is 115 cm³/mol. The van der Waals surface area contributed by atoms with Crippen LogP contribution in [0.3, 0.4) is 0 Å². The SMILES string of the molecule is Cc1ccc(S(=O)(=O)N(CC(=O)N[C@H](C)C(C)C)c2ccc(Cl)c(Cl)c2)cc1. The maximum atomic E-state index is 13.3. The molecule has 0 spiro atoms. The van der Waals surface area contributed by atoms with Gasteiger partial charge in [-0.1, -0.05) is 54.7 Å². The molecule has 0 aliphatic heterocycles. The van der Waals surface area contributed by atoms with E-state index in [0.29, 0.717) is 5.02 Å². The lowest BCUT2D eigenvalue weighted by Gasteiger charge is -2.26. The lowest BCUT2D eigenvalue weighted by molar-refractivity contribution is -0.120. The summed E-state index contributed by atoms with van der Waals surface area (Å²) in [5, 5.41) is 3.34. The van der Waals surface area contributed by atoms with E-state index in [0.717, 1.165) is 9.87 Å². The van der Waals surface area contributed by atoms with Crippen LogP contribution in [0.4, 0.5) is 5.69 Å². The van der Waals surface area contributed by atoms with Crippen molar-refractivity contribution in [2.24, 2.45) is 5.92 Å². The maximum Gasteiger partial charge on any atom is 0.264 e. The third kappa shape index (κ3) is 5.40. The van der Waals surface area contributed by atoms with E-state index >= 15 is 0 Å². The normalized spacial score (nSPS) is 12.7. The van der Waals surface area contributed by atoms with Gasteiger partial charge in [0.25, 0.3) is 10.0 Å². The molecule has 2 rings (SSSR count). The number of aryl methyl sites for hydroxylation is 1. The molecule has 0 unspecified atom stereocenters. The van der Waals surface area contributed by atoms with Gasteiger partial charge in [-0.3, -0.25) is 9.10 Å². The van der Waals surface area contributed by atoms with Crippen molar-refractivity contribution in [1.29, 1.82) is 0 Å². The highest BCUT2D eigenvalue weighted by Crippen LogP contribution is 2.30. The van der Waals surface area contributed by atoms with Gasteiger partial charge in [0.2, 0.25) is 5.91 Å². The number of nitrogens with one attached hydrogen (secondary N) is 1. The number of hydrogen-bond acceptors (Lipinski definition) is 3. The second-order valence-electron chi connectivity index (χ2n) is 7.02. The van der Waals surface area contributed by atoms with E-state index in [-0.39, 0.29) is 34.1 Å². The number of halogens is 2. The summed E-state index contributed by atoms with van der Waals surface area (Å²) in [5.41, 5.74) is 1.20. The molecule has 2 aromatic carbocycles. The lowest BCUT2D eigenvalue weighted by atomic mass is 10.1. The molecule has 0 aliphatic rings. The van der Waals surface area contributed by atoms with E-state index in [1.807, 2.05) is 27.7 Å². The van der Waals surface area contributed by atoms with Gasteiger partial charge in [0.05, 0.1) is 20.6 Å². The zero-order valence-electron chi connectivity index (χ0n) is 16.2. The minimum Gasteiger partial charge on any atom is -0.352 e. The van der Waals surface area contributed by atoms with Crippen LogP contribution in [0.5, 0.6) is 0 Å². The number of carbonyl (C=O) groups excluding carboxylic acids is 1. The van der Waals surface area contributed by atoms with Crippen LogP contribution in [-0.4, -0.2) is 26.9 Å². The summed E-state index contributed by atoms with van der Waals surface area (Å²) in [6, 6.07) is 10.8. The van der Waals surface area contributed by atoms with Crippen LogP contribution >= 0.6 is 23.2 Å². The average Bonchev–Trinajstić information content (AvgIpc) is 2.62. The Bertz CT molecular complexity index is 944. The van der Waals surface area contributed by atoms with E-state index < -0.39 is 15.9 Å². The third-order valence-corrected chi connectivity index (χ3v) is 7.00. The van der Waals surface area contributed by atoms with Gasteiger partial charge in [-0.05, 0) is 50.1 Å². The maximum absolute atomic E-state index is 13.3. The minimum atomic E-state index is -3.98. The molecule has 0 saturated heterocycles. The highest BCUT2D eigenvalue weighted by atomic mass is 35.5. The molecule has 0 radical (unpaired) electrons. The zero-order valence-corrected chi connectivity index (χ0v) is 18.6. The number of carbonyl (C=O) groups is 1. The fraction of sp³-hybridized carbons (Fsp3) is 0.350. The Morgan fingerprint density at radius 3 is 2.18 bits per heavy atom. The Labute approximate surface area is 176 Å². The van der Waals surface area contributed by atoms with Crippen molar-refractivity contribution >= 4 is 44.8 Å². The molecule has 1 amide bonds. The highest BCUT2D eigenvalue weighted by molar-refractivity contribution is 7.92. The van der Waals surface area contributed by atoms with Crippen molar-refractivity contribution in [3.05, 3.63) is 58.1 Å². The van der Waals surface area contributed by atoms with Gasteiger partial charge in [-0.2, -0.15) is 0 Å². The van der Waals surface area contributed by atoms with Crippen LogP contribution in [-0.2, 0) is 14.8 Å². The monoisotopic (exact) mass is 442 g/mol. The molecule has 0 heterocycles. The van der Waals surface area contributed by atoms with Gasteiger partial charge in [-0.15, -0.1) is 0 Å². The first kappa shape index (κ1) is 22.5. The summed E-state index contributed by atoms with van der Waals surface area (Å²) in [6.45, 7) is 7.33. The number of amides is 1. The lowest BCUT2D eigenvalue weighted by Crippen LogP contribution is -2.45. The summed E-state index contributed by atoms with van der Waals surface area (Å²) in [6.07, 6.45) is 0. The molecule has 0 fully saturated rings. The molecule has 2 aromatic rings. The Morgan fingerprint density at radius 2 is 1.64 bits per heavy atom. The van der Waals surface area contributed by atoms with Crippen molar-refractivity contribution in [2.75, 3.05) is 10.8 Å². The molecule has 8 heteroatoms. The predicted octanol–water partition coefficient (Wildman–Crippen LogP) is 4.66. The molecule has 0 aromatic heterocycles. The van der Waals surface area contributed by atoms with E-state index in [9.17, 15) is 13.2 Å². The Morgan fingerprint density at radius 1 is 1.04 bits per heavy atom. The molecule has 0 aliphatic carbocycles. The van der Waals surface area contributed by atoms with E-state index in [4.69, 9.17) is 23.2 Å². The first-order valence-corrected chi connectivity index (χ1v) is 11.1.